The van der Waals surface area contributed by atoms with Crippen molar-refractivity contribution in [1.82, 2.24) is 0 Å². The molecule has 1 unspecified atom stereocenters. The zero-order valence-electron chi connectivity index (χ0n) is 21.3. The first-order chi connectivity index (χ1) is 15.1. The van der Waals surface area contributed by atoms with Crippen LogP contribution in [0.25, 0.3) is 0 Å². The maximum atomic E-state index is 12.6. The van der Waals surface area contributed by atoms with Gasteiger partial charge in [-0.05, 0) is 76.0 Å². The molecule has 0 aromatic rings. The van der Waals surface area contributed by atoms with Crippen molar-refractivity contribution in [1.29, 1.82) is 0 Å². The average molecular weight is 435 g/mol. The Balaban J connectivity index is 1.55. The van der Waals surface area contributed by atoms with Crippen molar-refractivity contribution in [2.45, 2.75) is 155 Å². The van der Waals surface area contributed by atoms with Crippen LogP contribution in [0.15, 0.2) is 0 Å². The lowest BCUT2D eigenvalue weighted by Gasteiger charge is -2.37. The molecule has 0 spiro atoms. The lowest BCUT2D eigenvalue weighted by Crippen LogP contribution is -2.30. The van der Waals surface area contributed by atoms with Gasteiger partial charge in [0.05, 0.1) is 12.0 Å². The van der Waals surface area contributed by atoms with Gasteiger partial charge in [-0.2, -0.15) is 0 Å². The molecule has 0 heterocycles. The average Bonchev–Trinajstić information content (AvgIpc) is 2.79. The van der Waals surface area contributed by atoms with Gasteiger partial charge < -0.3 is 4.74 Å². The van der Waals surface area contributed by atoms with Crippen molar-refractivity contribution in [2.75, 3.05) is 0 Å². The van der Waals surface area contributed by atoms with Gasteiger partial charge in [0, 0.05) is 0 Å². The first kappa shape index (κ1) is 26.7. The molecule has 0 aromatic heterocycles. The zero-order chi connectivity index (χ0) is 22.3. The highest BCUT2D eigenvalue weighted by Crippen LogP contribution is 2.42. The minimum atomic E-state index is 0.101. The summed E-state index contributed by atoms with van der Waals surface area (Å²) in [6, 6.07) is 0. The first-order valence-corrected chi connectivity index (χ1v) is 14.3. The SMILES string of the molecule is CCCCCCCCC(C)OC(=O)C1CCC(C2CCC(CCCCCC)CC2)CC1. The minimum absolute atomic E-state index is 0.101. The Kier molecular flexibility index (Phi) is 13.9. The number of rotatable bonds is 15. The minimum Gasteiger partial charge on any atom is -0.462 e. The summed E-state index contributed by atoms with van der Waals surface area (Å²) in [5.41, 5.74) is 0. The van der Waals surface area contributed by atoms with Gasteiger partial charge in [0.25, 0.3) is 0 Å². The van der Waals surface area contributed by atoms with Gasteiger partial charge in [-0.15, -0.1) is 0 Å². The van der Waals surface area contributed by atoms with Gasteiger partial charge in [-0.25, -0.2) is 0 Å². The lowest BCUT2D eigenvalue weighted by atomic mass is 9.68. The maximum absolute atomic E-state index is 12.6. The van der Waals surface area contributed by atoms with E-state index in [0.29, 0.717) is 0 Å². The Hall–Kier alpha value is -0.530. The summed E-state index contributed by atoms with van der Waals surface area (Å²) >= 11 is 0. The van der Waals surface area contributed by atoms with Crippen LogP contribution in [0.3, 0.4) is 0 Å². The van der Waals surface area contributed by atoms with Gasteiger partial charge in [0.2, 0.25) is 0 Å². The molecule has 2 heteroatoms. The van der Waals surface area contributed by atoms with E-state index in [0.717, 1.165) is 37.0 Å². The van der Waals surface area contributed by atoms with Crippen LogP contribution >= 0.6 is 0 Å². The standard InChI is InChI=1S/C29H54O2/c1-4-6-8-10-11-12-14-24(3)31-29(30)28-22-20-27(21-23-28)26-18-16-25(17-19-26)15-13-9-7-5-2/h24-28H,4-23H2,1-3H3. The van der Waals surface area contributed by atoms with Crippen LogP contribution in [0, 0.1) is 23.7 Å². The van der Waals surface area contributed by atoms with E-state index in [4.69, 9.17) is 4.74 Å². The van der Waals surface area contributed by atoms with E-state index < -0.39 is 0 Å². The van der Waals surface area contributed by atoms with Crippen molar-refractivity contribution >= 4 is 5.97 Å². The number of unbranched alkanes of at least 4 members (excludes halogenated alkanes) is 8. The van der Waals surface area contributed by atoms with Crippen LogP contribution in [-0.2, 0) is 9.53 Å². The predicted octanol–water partition coefficient (Wildman–Crippen LogP) is 9.25. The van der Waals surface area contributed by atoms with Gasteiger partial charge >= 0.3 is 5.97 Å². The monoisotopic (exact) mass is 434 g/mol. The Morgan fingerprint density at radius 1 is 0.710 bits per heavy atom. The Morgan fingerprint density at radius 2 is 1.23 bits per heavy atom. The second-order valence-corrected chi connectivity index (χ2v) is 11.0. The van der Waals surface area contributed by atoms with Crippen LogP contribution in [0.2, 0.25) is 0 Å². The summed E-state index contributed by atoms with van der Waals surface area (Å²) < 4.78 is 5.83. The van der Waals surface area contributed by atoms with E-state index in [1.165, 1.54) is 109 Å². The topological polar surface area (TPSA) is 26.3 Å². The second kappa shape index (κ2) is 16.1. The van der Waals surface area contributed by atoms with Gasteiger partial charge in [0.1, 0.15) is 0 Å². The number of hydrogen-bond acceptors (Lipinski definition) is 2. The van der Waals surface area contributed by atoms with Gasteiger partial charge in [0.15, 0.2) is 0 Å². The van der Waals surface area contributed by atoms with Crippen molar-refractivity contribution in [3.05, 3.63) is 0 Å². The predicted molar refractivity (Wildman–Crippen MR) is 133 cm³/mol. The summed E-state index contributed by atoms with van der Waals surface area (Å²) in [5, 5.41) is 0. The van der Waals surface area contributed by atoms with E-state index in [1.807, 2.05) is 0 Å². The van der Waals surface area contributed by atoms with Crippen molar-refractivity contribution in [3.8, 4) is 0 Å². The molecule has 2 saturated carbocycles. The number of hydrogen-bond donors (Lipinski definition) is 0. The highest BCUT2D eigenvalue weighted by Gasteiger charge is 2.33. The normalized spacial score (nSPS) is 27.7. The maximum Gasteiger partial charge on any atom is 0.309 e. The molecule has 1 atom stereocenters. The molecule has 0 radical (unpaired) electrons. The van der Waals surface area contributed by atoms with Crippen LogP contribution in [0.4, 0.5) is 0 Å². The van der Waals surface area contributed by atoms with Crippen molar-refractivity contribution in [3.63, 3.8) is 0 Å². The molecule has 0 aliphatic heterocycles. The molecule has 0 saturated heterocycles. The van der Waals surface area contributed by atoms with Crippen LogP contribution in [0.5, 0.6) is 0 Å². The number of ether oxygens (including phenoxy) is 1. The molecule has 0 aromatic carbocycles. The third kappa shape index (κ3) is 10.8. The first-order valence-electron chi connectivity index (χ1n) is 14.3. The molecule has 182 valence electrons. The third-order valence-corrected chi connectivity index (χ3v) is 8.41. The van der Waals surface area contributed by atoms with Crippen LogP contribution in [-0.4, -0.2) is 12.1 Å². The molecule has 31 heavy (non-hydrogen) atoms. The van der Waals surface area contributed by atoms with Crippen molar-refractivity contribution in [2.24, 2.45) is 23.7 Å². The van der Waals surface area contributed by atoms with E-state index >= 15 is 0 Å². The van der Waals surface area contributed by atoms with Crippen LogP contribution < -0.4 is 0 Å². The van der Waals surface area contributed by atoms with Gasteiger partial charge in [-0.1, -0.05) is 90.9 Å². The molecular formula is C29H54O2. The Bertz CT molecular complexity index is 444. The summed E-state index contributed by atoms with van der Waals surface area (Å²) in [5.74, 6) is 3.11. The smallest absolute Gasteiger partial charge is 0.309 e. The molecule has 2 aliphatic rings. The highest BCUT2D eigenvalue weighted by atomic mass is 16.5. The second-order valence-electron chi connectivity index (χ2n) is 11.0. The summed E-state index contributed by atoms with van der Waals surface area (Å²) in [4.78, 5) is 12.6. The fraction of sp³-hybridized carbons (Fsp3) is 0.966. The highest BCUT2D eigenvalue weighted by molar-refractivity contribution is 5.72. The largest absolute Gasteiger partial charge is 0.462 e. The van der Waals surface area contributed by atoms with E-state index in [9.17, 15) is 4.79 Å². The number of esters is 1. The van der Waals surface area contributed by atoms with Crippen molar-refractivity contribution < 1.29 is 9.53 Å². The Morgan fingerprint density at radius 3 is 1.84 bits per heavy atom. The van der Waals surface area contributed by atoms with Gasteiger partial charge in [-0.3, -0.25) is 4.79 Å². The summed E-state index contributed by atoms with van der Waals surface area (Å²) in [7, 11) is 0. The number of carbonyl (C=O) groups is 1. The van der Waals surface area contributed by atoms with Crippen LogP contribution in [0.1, 0.15) is 149 Å². The molecular weight excluding hydrogens is 380 g/mol. The summed E-state index contributed by atoms with van der Waals surface area (Å²) in [6.45, 7) is 6.66. The zero-order valence-corrected chi connectivity index (χ0v) is 21.3. The molecule has 0 N–H and O–H groups in total. The van der Waals surface area contributed by atoms with E-state index in [2.05, 4.69) is 20.8 Å². The lowest BCUT2D eigenvalue weighted by molar-refractivity contribution is -0.155. The molecule has 2 aliphatic carbocycles. The third-order valence-electron chi connectivity index (χ3n) is 8.41. The summed E-state index contributed by atoms with van der Waals surface area (Å²) in [6.07, 6.45) is 26.6. The molecule has 0 amide bonds. The number of carbonyl (C=O) groups excluding carboxylic acids is 1. The van der Waals surface area contributed by atoms with E-state index in [1.54, 1.807) is 0 Å². The molecule has 2 rings (SSSR count). The fourth-order valence-electron chi connectivity index (χ4n) is 6.20. The molecule has 2 nitrogen and oxygen atoms in total. The fourth-order valence-corrected chi connectivity index (χ4v) is 6.20. The molecule has 2 fully saturated rings. The van der Waals surface area contributed by atoms with E-state index in [-0.39, 0.29) is 18.0 Å². The quantitative estimate of drug-likeness (QED) is 0.189. The molecule has 0 bridgehead atoms. The Labute approximate surface area is 194 Å².